The smallest absolute Gasteiger partial charge is 0.356 e. The Kier molecular flexibility index (Phi) is 4.69. The van der Waals surface area contributed by atoms with Crippen LogP contribution in [0.3, 0.4) is 0 Å². The van der Waals surface area contributed by atoms with Crippen molar-refractivity contribution in [2.75, 3.05) is 11.9 Å². The second-order valence-corrected chi connectivity index (χ2v) is 4.06. The molecule has 0 fully saturated rings. The molecule has 88 valence electrons. The zero-order valence-electron chi connectivity index (χ0n) is 9.60. The van der Waals surface area contributed by atoms with E-state index in [1.807, 2.05) is 0 Å². The first kappa shape index (κ1) is 12.4. The molecule has 1 heterocycles. The van der Waals surface area contributed by atoms with Crippen LogP contribution in [0.4, 0.5) is 5.82 Å². The minimum Gasteiger partial charge on any atom is -0.476 e. The molecule has 0 atom stereocenters. The highest BCUT2D eigenvalue weighted by molar-refractivity contribution is 5.85. The van der Waals surface area contributed by atoms with E-state index in [1.54, 1.807) is 0 Å². The summed E-state index contributed by atoms with van der Waals surface area (Å²) in [6.45, 7) is 5.13. The van der Waals surface area contributed by atoms with E-state index in [9.17, 15) is 4.79 Å². The van der Waals surface area contributed by atoms with Crippen LogP contribution in [0.25, 0.3) is 0 Å². The number of hydrogen-bond donors (Lipinski definition) is 2. The van der Waals surface area contributed by atoms with Crippen LogP contribution in [0, 0.1) is 5.92 Å². The van der Waals surface area contributed by atoms with Crippen LogP contribution in [0.2, 0.25) is 0 Å². The lowest BCUT2D eigenvalue weighted by Gasteiger charge is -2.07. The molecular formula is C11H17N3O2. The molecule has 0 aliphatic rings. The molecule has 1 rings (SSSR count). The van der Waals surface area contributed by atoms with Crippen molar-refractivity contribution in [3.05, 3.63) is 18.1 Å². The van der Waals surface area contributed by atoms with E-state index in [2.05, 4.69) is 29.1 Å². The molecule has 5 nitrogen and oxygen atoms in total. The highest BCUT2D eigenvalue weighted by Gasteiger charge is 2.05. The molecule has 0 amide bonds. The summed E-state index contributed by atoms with van der Waals surface area (Å²) < 4.78 is 0. The molecule has 1 aromatic rings. The number of nitrogens with zero attached hydrogens (tertiary/aromatic N) is 2. The Hall–Kier alpha value is -1.65. The number of aromatic carboxylic acids is 1. The molecule has 0 aliphatic carbocycles. The van der Waals surface area contributed by atoms with Gasteiger partial charge in [0, 0.05) is 6.54 Å². The van der Waals surface area contributed by atoms with E-state index < -0.39 is 5.97 Å². The Labute approximate surface area is 94.9 Å². The fourth-order valence-electron chi connectivity index (χ4n) is 1.28. The predicted octanol–water partition coefficient (Wildman–Crippen LogP) is 2.02. The van der Waals surface area contributed by atoms with Gasteiger partial charge < -0.3 is 10.4 Å². The summed E-state index contributed by atoms with van der Waals surface area (Å²) in [4.78, 5) is 18.4. The molecule has 5 heteroatoms. The zero-order chi connectivity index (χ0) is 12.0. The lowest BCUT2D eigenvalue weighted by atomic mass is 10.1. The Bertz CT molecular complexity index is 353. The molecule has 2 N–H and O–H groups in total. The monoisotopic (exact) mass is 223 g/mol. The molecule has 1 aromatic heterocycles. The standard InChI is InChI=1S/C11H17N3O2/c1-8(2)4-3-5-13-10-7-12-6-9(14-10)11(15)16/h6-8H,3-5H2,1-2H3,(H,13,14)(H,15,16). The van der Waals surface area contributed by atoms with Gasteiger partial charge in [0.1, 0.15) is 5.82 Å². The van der Waals surface area contributed by atoms with Crippen molar-refractivity contribution in [2.24, 2.45) is 5.92 Å². The number of anilines is 1. The summed E-state index contributed by atoms with van der Waals surface area (Å²) in [5.41, 5.74) is -0.0335. The normalized spacial score (nSPS) is 10.4. The van der Waals surface area contributed by atoms with Gasteiger partial charge in [0.2, 0.25) is 0 Å². The minimum atomic E-state index is -1.06. The number of nitrogens with one attached hydrogen (secondary N) is 1. The highest BCUT2D eigenvalue weighted by atomic mass is 16.4. The number of hydrogen-bond acceptors (Lipinski definition) is 4. The summed E-state index contributed by atoms with van der Waals surface area (Å²) in [5.74, 6) is 0.139. The predicted molar refractivity (Wildman–Crippen MR) is 61.6 cm³/mol. The fourth-order valence-corrected chi connectivity index (χ4v) is 1.28. The Morgan fingerprint density at radius 3 is 2.88 bits per heavy atom. The van der Waals surface area contributed by atoms with Crippen molar-refractivity contribution >= 4 is 11.8 Å². The van der Waals surface area contributed by atoms with Gasteiger partial charge in [-0.05, 0) is 18.8 Å². The number of carbonyl (C=O) groups is 1. The number of carboxylic acid groups (broad SMARTS) is 1. The highest BCUT2D eigenvalue weighted by Crippen LogP contribution is 2.05. The molecular weight excluding hydrogens is 206 g/mol. The van der Waals surface area contributed by atoms with E-state index >= 15 is 0 Å². The van der Waals surface area contributed by atoms with Gasteiger partial charge in [-0.2, -0.15) is 0 Å². The second-order valence-electron chi connectivity index (χ2n) is 4.06. The van der Waals surface area contributed by atoms with Gasteiger partial charge >= 0.3 is 5.97 Å². The van der Waals surface area contributed by atoms with Crippen LogP contribution in [-0.2, 0) is 0 Å². The van der Waals surface area contributed by atoms with Gasteiger partial charge in [0.05, 0.1) is 12.4 Å². The Morgan fingerprint density at radius 2 is 2.25 bits per heavy atom. The Balaban J connectivity index is 2.42. The lowest BCUT2D eigenvalue weighted by Crippen LogP contribution is -2.08. The molecule has 0 spiro atoms. The van der Waals surface area contributed by atoms with Crippen molar-refractivity contribution in [1.82, 2.24) is 9.97 Å². The molecule has 0 aliphatic heterocycles. The van der Waals surface area contributed by atoms with Gasteiger partial charge in [-0.25, -0.2) is 9.78 Å². The van der Waals surface area contributed by atoms with E-state index in [4.69, 9.17) is 5.11 Å². The average Bonchev–Trinajstić information content (AvgIpc) is 2.24. The first-order chi connectivity index (χ1) is 7.59. The zero-order valence-corrected chi connectivity index (χ0v) is 9.60. The maximum Gasteiger partial charge on any atom is 0.356 e. The third kappa shape index (κ3) is 4.25. The van der Waals surface area contributed by atoms with Gasteiger partial charge in [-0.1, -0.05) is 13.8 Å². The largest absolute Gasteiger partial charge is 0.476 e. The summed E-state index contributed by atoms with van der Waals surface area (Å²) in [6.07, 6.45) is 4.94. The molecule has 0 aromatic carbocycles. The quantitative estimate of drug-likeness (QED) is 0.722. The maximum absolute atomic E-state index is 10.6. The van der Waals surface area contributed by atoms with E-state index in [1.165, 1.54) is 12.4 Å². The molecule has 0 saturated heterocycles. The number of carboxylic acids is 1. The van der Waals surface area contributed by atoms with E-state index in [0.717, 1.165) is 19.4 Å². The third-order valence-corrected chi connectivity index (χ3v) is 2.12. The van der Waals surface area contributed by atoms with Crippen molar-refractivity contribution in [2.45, 2.75) is 26.7 Å². The van der Waals surface area contributed by atoms with Gasteiger partial charge in [0.15, 0.2) is 5.69 Å². The molecule has 0 unspecified atom stereocenters. The topological polar surface area (TPSA) is 75.1 Å². The summed E-state index contributed by atoms with van der Waals surface area (Å²) >= 11 is 0. The van der Waals surface area contributed by atoms with Crippen LogP contribution in [0.15, 0.2) is 12.4 Å². The SMILES string of the molecule is CC(C)CCCNc1cncc(C(=O)O)n1. The number of rotatable bonds is 6. The van der Waals surface area contributed by atoms with Crippen molar-refractivity contribution in [1.29, 1.82) is 0 Å². The minimum absolute atomic E-state index is 0.0335. The van der Waals surface area contributed by atoms with Crippen LogP contribution in [0.5, 0.6) is 0 Å². The summed E-state index contributed by atoms with van der Waals surface area (Å²) in [7, 11) is 0. The van der Waals surface area contributed by atoms with Gasteiger partial charge in [-0.3, -0.25) is 4.98 Å². The van der Waals surface area contributed by atoms with Crippen LogP contribution < -0.4 is 5.32 Å². The number of aromatic nitrogens is 2. The van der Waals surface area contributed by atoms with Crippen LogP contribution >= 0.6 is 0 Å². The van der Waals surface area contributed by atoms with Crippen LogP contribution in [0.1, 0.15) is 37.2 Å². The Morgan fingerprint density at radius 1 is 1.50 bits per heavy atom. The summed E-state index contributed by atoms with van der Waals surface area (Å²) in [6, 6.07) is 0. The van der Waals surface area contributed by atoms with Crippen LogP contribution in [-0.4, -0.2) is 27.6 Å². The first-order valence-electron chi connectivity index (χ1n) is 5.39. The van der Waals surface area contributed by atoms with E-state index in [-0.39, 0.29) is 5.69 Å². The van der Waals surface area contributed by atoms with E-state index in [0.29, 0.717) is 11.7 Å². The van der Waals surface area contributed by atoms with Gasteiger partial charge in [0.25, 0.3) is 0 Å². The third-order valence-electron chi connectivity index (χ3n) is 2.12. The first-order valence-corrected chi connectivity index (χ1v) is 5.39. The molecule has 0 radical (unpaired) electrons. The molecule has 0 saturated carbocycles. The fraction of sp³-hybridized carbons (Fsp3) is 0.545. The van der Waals surface area contributed by atoms with Crippen molar-refractivity contribution in [3.8, 4) is 0 Å². The van der Waals surface area contributed by atoms with Gasteiger partial charge in [-0.15, -0.1) is 0 Å². The lowest BCUT2D eigenvalue weighted by molar-refractivity contribution is 0.0690. The molecule has 0 bridgehead atoms. The molecule has 16 heavy (non-hydrogen) atoms. The van der Waals surface area contributed by atoms with Crippen molar-refractivity contribution < 1.29 is 9.90 Å². The summed E-state index contributed by atoms with van der Waals surface area (Å²) in [5, 5.41) is 11.8. The van der Waals surface area contributed by atoms with Crippen molar-refractivity contribution in [3.63, 3.8) is 0 Å². The second kappa shape index (κ2) is 6.05. The average molecular weight is 223 g/mol. The maximum atomic E-state index is 10.6.